The Morgan fingerprint density at radius 1 is 1.00 bits per heavy atom. The molecule has 1 saturated carbocycles. The van der Waals surface area contributed by atoms with Gasteiger partial charge in [0, 0.05) is 41.4 Å². The summed E-state index contributed by atoms with van der Waals surface area (Å²) < 4.78 is 11.1. The van der Waals surface area contributed by atoms with Gasteiger partial charge < -0.3 is 14.4 Å². The van der Waals surface area contributed by atoms with Crippen molar-refractivity contribution in [2.24, 2.45) is 0 Å². The van der Waals surface area contributed by atoms with E-state index in [9.17, 15) is 10.1 Å². The minimum Gasteiger partial charge on any atom is -0.464 e. The molecule has 0 radical (unpaired) electrons. The molecule has 0 unspecified atom stereocenters. The number of esters is 1. The number of ether oxygens (including phenoxy) is 2. The van der Waals surface area contributed by atoms with Crippen LogP contribution < -0.4 is 4.90 Å². The van der Waals surface area contributed by atoms with Crippen LogP contribution in [0, 0.1) is 11.3 Å². The van der Waals surface area contributed by atoms with Gasteiger partial charge in [0.05, 0.1) is 36.5 Å². The topological polar surface area (TPSA) is 88.3 Å². The number of aromatic nitrogens is 2. The summed E-state index contributed by atoms with van der Waals surface area (Å²) >= 11 is 0. The third-order valence-corrected chi connectivity index (χ3v) is 7.54. The van der Waals surface area contributed by atoms with Crippen LogP contribution in [-0.2, 0) is 9.47 Å². The first-order chi connectivity index (χ1) is 19.0. The molecule has 3 heterocycles. The van der Waals surface area contributed by atoms with Crippen molar-refractivity contribution in [2.75, 3.05) is 25.1 Å². The number of rotatable bonds is 5. The van der Waals surface area contributed by atoms with E-state index in [-0.39, 0.29) is 12.2 Å². The number of carbonyl (C=O) groups is 1. The van der Waals surface area contributed by atoms with Crippen LogP contribution in [0.2, 0.25) is 0 Å². The molecule has 0 N–H and O–H groups in total. The number of anilines is 1. The fraction of sp³-hybridized carbons (Fsp3) is 0.312. The van der Waals surface area contributed by atoms with Gasteiger partial charge in [-0.05, 0) is 68.0 Å². The first-order valence-corrected chi connectivity index (χ1v) is 13.4. The Morgan fingerprint density at radius 2 is 1.74 bits per heavy atom. The number of hydrogen-bond donors (Lipinski definition) is 0. The molecule has 7 nitrogen and oxygen atoms in total. The summed E-state index contributed by atoms with van der Waals surface area (Å²) in [5, 5.41) is 10.3. The van der Waals surface area contributed by atoms with Crippen molar-refractivity contribution in [2.45, 2.75) is 44.8 Å². The second-order valence-corrected chi connectivity index (χ2v) is 10.5. The maximum atomic E-state index is 13.1. The predicted molar refractivity (Wildman–Crippen MR) is 151 cm³/mol. The van der Waals surface area contributed by atoms with Crippen LogP contribution in [-0.4, -0.2) is 48.3 Å². The number of benzene rings is 2. The van der Waals surface area contributed by atoms with E-state index in [4.69, 9.17) is 19.4 Å². The number of nitriles is 1. The molecule has 2 aromatic carbocycles. The van der Waals surface area contributed by atoms with Gasteiger partial charge in [-0.15, -0.1) is 0 Å². The van der Waals surface area contributed by atoms with E-state index in [0.717, 1.165) is 51.8 Å². The Bertz CT molecular complexity index is 1590. The third kappa shape index (κ3) is 4.73. The normalized spacial score (nSPS) is 19.1. The van der Waals surface area contributed by atoms with Crippen LogP contribution in [0.4, 0.5) is 5.82 Å². The van der Waals surface area contributed by atoms with Gasteiger partial charge in [-0.3, -0.25) is 4.98 Å². The van der Waals surface area contributed by atoms with E-state index >= 15 is 0 Å². The van der Waals surface area contributed by atoms with E-state index in [2.05, 4.69) is 29.2 Å². The van der Waals surface area contributed by atoms with Crippen LogP contribution in [0.5, 0.6) is 0 Å². The van der Waals surface area contributed by atoms with Gasteiger partial charge in [-0.25, -0.2) is 9.78 Å². The quantitative estimate of drug-likeness (QED) is 0.294. The van der Waals surface area contributed by atoms with E-state index in [1.54, 1.807) is 0 Å². The average molecular weight is 519 g/mol. The number of fused-ring (bicyclic) bond motifs is 1. The maximum absolute atomic E-state index is 13.1. The first kappa shape index (κ1) is 25.0. The highest BCUT2D eigenvalue weighted by molar-refractivity contribution is 6.02. The fourth-order valence-corrected chi connectivity index (χ4v) is 5.69. The van der Waals surface area contributed by atoms with E-state index < -0.39 is 5.97 Å². The summed E-state index contributed by atoms with van der Waals surface area (Å²) in [6, 6.07) is 20.0. The van der Waals surface area contributed by atoms with Crippen LogP contribution in [0.3, 0.4) is 0 Å². The van der Waals surface area contributed by atoms with E-state index in [1.807, 2.05) is 56.4 Å². The zero-order valence-corrected chi connectivity index (χ0v) is 22.3. The largest absolute Gasteiger partial charge is 0.464 e. The lowest BCUT2D eigenvalue weighted by Gasteiger charge is -2.36. The number of methoxy groups -OCH3 is 1. The number of morpholine rings is 1. The minimum absolute atomic E-state index is 0.0771. The maximum Gasteiger partial charge on any atom is 0.357 e. The number of hydrogen-bond acceptors (Lipinski definition) is 7. The number of pyridine rings is 2. The Kier molecular flexibility index (Phi) is 6.49. The monoisotopic (exact) mass is 518 g/mol. The molecule has 1 aliphatic heterocycles. The molecule has 0 bridgehead atoms. The molecule has 1 saturated heterocycles. The van der Waals surface area contributed by atoms with Gasteiger partial charge in [0.25, 0.3) is 0 Å². The molecule has 0 amide bonds. The second-order valence-electron chi connectivity index (χ2n) is 10.5. The molecule has 4 aromatic rings. The van der Waals surface area contributed by atoms with Crippen molar-refractivity contribution in [1.82, 2.24) is 9.97 Å². The van der Waals surface area contributed by atoms with Crippen molar-refractivity contribution in [3.8, 4) is 28.3 Å². The summed E-state index contributed by atoms with van der Waals surface area (Å²) in [5.41, 5.74) is 6.72. The van der Waals surface area contributed by atoms with Gasteiger partial charge in [0.15, 0.2) is 5.69 Å². The Morgan fingerprint density at radius 3 is 2.41 bits per heavy atom. The minimum atomic E-state index is -0.464. The molecular weight excluding hydrogens is 488 g/mol. The standard InChI is InChI=1S/C32H30N4O3/c1-19-17-36(18-20(2)39-19)28-14-13-25(31(35-28)32(37)38-3)27-16-34-30-24(22-9-7-21(15-33)8-10-22)5-4-6-26(30)29(27)23-11-12-23/h4-10,13-14,16,19-20,23H,11-12,17-18H2,1-3H3/t19-,20+. The fourth-order valence-electron chi connectivity index (χ4n) is 5.69. The Hall–Kier alpha value is -4.28. The van der Waals surface area contributed by atoms with Gasteiger partial charge >= 0.3 is 5.97 Å². The molecule has 39 heavy (non-hydrogen) atoms. The predicted octanol–water partition coefficient (Wildman–Crippen LogP) is 6.11. The van der Waals surface area contributed by atoms with E-state index in [1.165, 1.54) is 12.7 Å². The zero-order chi connectivity index (χ0) is 27.1. The molecule has 6 rings (SSSR count). The lowest BCUT2D eigenvalue weighted by molar-refractivity contribution is -0.00546. The highest BCUT2D eigenvalue weighted by Gasteiger charge is 2.32. The van der Waals surface area contributed by atoms with Crippen molar-refractivity contribution in [3.63, 3.8) is 0 Å². The summed E-state index contributed by atoms with van der Waals surface area (Å²) in [6.07, 6.45) is 4.22. The Balaban J connectivity index is 1.49. The SMILES string of the molecule is COC(=O)c1nc(N2C[C@@H](C)O[C@@H](C)C2)ccc1-c1cnc2c(-c3ccc(C#N)cc3)cccc2c1C1CC1. The molecule has 1 aliphatic carbocycles. The van der Waals surface area contributed by atoms with Crippen molar-refractivity contribution in [3.05, 3.63) is 77.6 Å². The summed E-state index contributed by atoms with van der Waals surface area (Å²) in [4.78, 5) is 25.0. The lowest BCUT2D eigenvalue weighted by Crippen LogP contribution is -2.46. The molecule has 2 aromatic heterocycles. The number of carbonyl (C=O) groups excluding carboxylic acids is 1. The molecule has 196 valence electrons. The molecular formula is C32H30N4O3. The van der Waals surface area contributed by atoms with Crippen LogP contribution in [0.15, 0.2) is 60.8 Å². The van der Waals surface area contributed by atoms with Crippen LogP contribution in [0.1, 0.15) is 54.2 Å². The highest BCUT2D eigenvalue weighted by Crippen LogP contribution is 2.48. The van der Waals surface area contributed by atoms with Crippen molar-refractivity contribution in [1.29, 1.82) is 5.26 Å². The van der Waals surface area contributed by atoms with Crippen LogP contribution >= 0.6 is 0 Å². The third-order valence-electron chi connectivity index (χ3n) is 7.54. The molecule has 0 spiro atoms. The van der Waals surface area contributed by atoms with Gasteiger partial charge in [0.1, 0.15) is 5.82 Å². The van der Waals surface area contributed by atoms with Gasteiger partial charge in [0.2, 0.25) is 0 Å². The number of nitrogens with zero attached hydrogens (tertiary/aromatic N) is 4. The molecule has 2 aliphatic rings. The van der Waals surface area contributed by atoms with Gasteiger partial charge in [-0.1, -0.05) is 30.3 Å². The number of para-hydroxylation sites is 1. The Labute approximate surface area is 228 Å². The smallest absolute Gasteiger partial charge is 0.357 e. The molecule has 2 fully saturated rings. The van der Waals surface area contributed by atoms with Crippen LogP contribution in [0.25, 0.3) is 33.2 Å². The lowest BCUT2D eigenvalue weighted by atomic mass is 9.91. The molecule has 7 heteroatoms. The van der Waals surface area contributed by atoms with Gasteiger partial charge in [-0.2, -0.15) is 5.26 Å². The summed E-state index contributed by atoms with van der Waals surface area (Å²) in [7, 11) is 1.39. The molecule has 2 atom stereocenters. The van der Waals surface area contributed by atoms with Crippen molar-refractivity contribution >= 4 is 22.7 Å². The zero-order valence-electron chi connectivity index (χ0n) is 22.3. The second kappa shape index (κ2) is 10.1. The summed E-state index contributed by atoms with van der Waals surface area (Å²) in [6.45, 7) is 5.51. The average Bonchev–Trinajstić information content (AvgIpc) is 3.80. The highest BCUT2D eigenvalue weighted by atomic mass is 16.5. The first-order valence-electron chi connectivity index (χ1n) is 13.4. The van der Waals surface area contributed by atoms with E-state index in [0.29, 0.717) is 30.3 Å². The summed E-state index contributed by atoms with van der Waals surface area (Å²) in [5.74, 6) is 0.674. The van der Waals surface area contributed by atoms with Crippen molar-refractivity contribution < 1.29 is 14.3 Å².